The molecule has 1 aromatic carbocycles. The van der Waals surface area contributed by atoms with E-state index in [1.807, 2.05) is 12.1 Å². The molecule has 0 saturated heterocycles. The minimum Gasteiger partial charge on any atom is -0.478 e. The van der Waals surface area contributed by atoms with E-state index >= 15 is 0 Å². The van der Waals surface area contributed by atoms with Crippen molar-refractivity contribution >= 4 is 5.97 Å². The van der Waals surface area contributed by atoms with Crippen molar-refractivity contribution in [2.24, 2.45) is 5.92 Å². The predicted molar refractivity (Wildman–Crippen MR) is 71.7 cm³/mol. The maximum absolute atomic E-state index is 10.9. The van der Waals surface area contributed by atoms with Crippen molar-refractivity contribution in [3.8, 4) is 0 Å². The van der Waals surface area contributed by atoms with Crippen LogP contribution in [-0.2, 0) is 6.54 Å². The van der Waals surface area contributed by atoms with Crippen LogP contribution in [0.15, 0.2) is 24.3 Å². The molecule has 1 saturated carbocycles. The Kier molecular flexibility index (Phi) is 4.37. The minimum atomic E-state index is -0.858. The summed E-state index contributed by atoms with van der Waals surface area (Å²) in [6.07, 6.45) is 5.07. The van der Waals surface area contributed by atoms with Gasteiger partial charge in [0.1, 0.15) is 0 Å². The fraction of sp³-hybridized carbons (Fsp3) is 0.533. The summed E-state index contributed by atoms with van der Waals surface area (Å²) in [7, 11) is 0. The molecule has 0 atom stereocenters. The first-order valence-corrected chi connectivity index (χ1v) is 6.71. The standard InChI is InChI=1S/C15H21NO2/c1-11-5-7-14(8-6-11)16-10-12-3-2-4-13(9-12)15(17)18/h2-4,9,11,14,16H,5-8,10H2,1H3,(H,17,18)/t11-,14-. The minimum absolute atomic E-state index is 0.367. The molecule has 98 valence electrons. The Morgan fingerprint density at radius 3 is 2.72 bits per heavy atom. The highest BCUT2D eigenvalue weighted by molar-refractivity contribution is 5.87. The second kappa shape index (κ2) is 6.01. The number of hydrogen-bond acceptors (Lipinski definition) is 2. The van der Waals surface area contributed by atoms with Crippen LogP contribution in [0.5, 0.6) is 0 Å². The zero-order chi connectivity index (χ0) is 13.0. The maximum Gasteiger partial charge on any atom is 0.335 e. The van der Waals surface area contributed by atoms with Gasteiger partial charge in [-0.05, 0) is 49.3 Å². The van der Waals surface area contributed by atoms with Gasteiger partial charge in [-0.3, -0.25) is 0 Å². The number of benzene rings is 1. The molecule has 1 fully saturated rings. The molecule has 0 amide bonds. The average molecular weight is 247 g/mol. The Bertz CT molecular complexity index is 409. The molecule has 2 rings (SSSR count). The van der Waals surface area contributed by atoms with Crippen LogP contribution in [-0.4, -0.2) is 17.1 Å². The van der Waals surface area contributed by atoms with E-state index in [-0.39, 0.29) is 0 Å². The van der Waals surface area contributed by atoms with Gasteiger partial charge in [-0.25, -0.2) is 4.79 Å². The van der Waals surface area contributed by atoms with E-state index in [0.29, 0.717) is 11.6 Å². The van der Waals surface area contributed by atoms with E-state index < -0.39 is 5.97 Å². The van der Waals surface area contributed by atoms with Crippen LogP contribution in [0.25, 0.3) is 0 Å². The molecule has 0 radical (unpaired) electrons. The van der Waals surface area contributed by atoms with Crippen molar-refractivity contribution in [3.05, 3.63) is 35.4 Å². The van der Waals surface area contributed by atoms with Crippen LogP contribution in [0.4, 0.5) is 0 Å². The molecule has 3 heteroatoms. The number of carbonyl (C=O) groups is 1. The van der Waals surface area contributed by atoms with E-state index in [1.165, 1.54) is 25.7 Å². The highest BCUT2D eigenvalue weighted by Gasteiger charge is 2.17. The topological polar surface area (TPSA) is 49.3 Å². The molecule has 18 heavy (non-hydrogen) atoms. The molecule has 0 heterocycles. The summed E-state index contributed by atoms with van der Waals surface area (Å²) in [5, 5.41) is 12.5. The fourth-order valence-corrected chi connectivity index (χ4v) is 2.54. The second-order valence-corrected chi connectivity index (χ2v) is 5.34. The first kappa shape index (κ1) is 13.1. The van der Waals surface area contributed by atoms with Gasteiger partial charge >= 0.3 is 5.97 Å². The van der Waals surface area contributed by atoms with Gasteiger partial charge in [-0.1, -0.05) is 19.1 Å². The third-order valence-corrected chi connectivity index (χ3v) is 3.78. The number of hydrogen-bond donors (Lipinski definition) is 2. The van der Waals surface area contributed by atoms with Crippen molar-refractivity contribution in [2.45, 2.75) is 45.2 Å². The van der Waals surface area contributed by atoms with Gasteiger partial charge in [0.25, 0.3) is 0 Å². The molecule has 0 bridgehead atoms. The summed E-state index contributed by atoms with van der Waals surface area (Å²) in [5.74, 6) is 0.00160. The number of nitrogens with one attached hydrogen (secondary N) is 1. The lowest BCUT2D eigenvalue weighted by molar-refractivity contribution is 0.0696. The van der Waals surface area contributed by atoms with Crippen molar-refractivity contribution in [3.63, 3.8) is 0 Å². The highest BCUT2D eigenvalue weighted by Crippen LogP contribution is 2.23. The van der Waals surface area contributed by atoms with E-state index in [2.05, 4.69) is 12.2 Å². The monoisotopic (exact) mass is 247 g/mol. The Morgan fingerprint density at radius 1 is 1.33 bits per heavy atom. The van der Waals surface area contributed by atoms with Crippen LogP contribution in [0, 0.1) is 5.92 Å². The molecular formula is C15H21NO2. The summed E-state index contributed by atoms with van der Waals surface area (Å²) < 4.78 is 0. The summed E-state index contributed by atoms with van der Waals surface area (Å²) in [5.41, 5.74) is 1.42. The average Bonchev–Trinajstić information content (AvgIpc) is 2.38. The number of carboxylic acids is 1. The van der Waals surface area contributed by atoms with E-state index in [1.54, 1.807) is 12.1 Å². The first-order chi connectivity index (χ1) is 8.65. The van der Waals surface area contributed by atoms with Crippen molar-refractivity contribution < 1.29 is 9.90 Å². The third-order valence-electron chi connectivity index (χ3n) is 3.78. The van der Waals surface area contributed by atoms with Crippen molar-refractivity contribution in [1.29, 1.82) is 0 Å². The van der Waals surface area contributed by atoms with Crippen LogP contribution in [0.3, 0.4) is 0 Å². The van der Waals surface area contributed by atoms with Gasteiger partial charge in [-0.15, -0.1) is 0 Å². The molecule has 1 aliphatic rings. The molecule has 1 aliphatic carbocycles. The van der Waals surface area contributed by atoms with Crippen molar-refractivity contribution in [1.82, 2.24) is 5.32 Å². The maximum atomic E-state index is 10.9. The molecular weight excluding hydrogens is 226 g/mol. The molecule has 1 aromatic rings. The largest absolute Gasteiger partial charge is 0.478 e. The number of aromatic carboxylic acids is 1. The van der Waals surface area contributed by atoms with Crippen LogP contribution in [0.1, 0.15) is 48.5 Å². The SMILES string of the molecule is C[C@H]1CC[C@H](NCc2cccc(C(=O)O)c2)CC1. The normalized spacial score (nSPS) is 23.8. The molecule has 0 aliphatic heterocycles. The number of rotatable bonds is 4. The van der Waals surface area contributed by atoms with Crippen molar-refractivity contribution in [2.75, 3.05) is 0 Å². The Morgan fingerprint density at radius 2 is 2.06 bits per heavy atom. The molecule has 0 spiro atoms. The summed E-state index contributed by atoms with van der Waals surface area (Å²) in [4.78, 5) is 10.9. The van der Waals surface area contributed by atoms with Gasteiger partial charge in [0.05, 0.1) is 5.56 Å². The van der Waals surface area contributed by atoms with Crippen LogP contribution in [0.2, 0.25) is 0 Å². The van der Waals surface area contributed by atoms with Gasteiger partial charge in [0.2, 0.25) is 0 Å². The van der Waals surface area contributed by atoms with E-state index in [4.69, 9.17) is 5.11 Å². The first-order valence-electron chi connectivity index (χ1n) is 6.71. The van der Waals surface area contributed by atoms with E-state index in [0.717, 1.165) is 18.0 Å². The molecule has 0 unspecified atom stereocenters. The van der Waals surface area contributed by atoms with Gasteiger partial charge in [0, 0.05) is 12.6 Å². The lowest BCUT2D eigenvalue weighted by Crippen LogP contribution is -2.32. The van der Waals surface area contributed by atoms with Crippen LogP contribution < -0.4 is 5.32 Å². The molecule has 2 N–H and O–H groups in total. The van der Waals surface area contributed by atoms with Gasteiger partial charge < -0.3 is 10.4 Å². The second-order valence-electron chi connectivity index (χ2n) is 5.34. The summed E-state index contributed by atoms with van der Waals surface area (Å²) >= 11 is 0. The molecule has 0 aromatic heterocycles. The van der Waals surface area contributed by atoms with Gasteiger partial charge in [-0.2, -0.15) is 0 Å². The van der Waals surface area contributed by atoms with Gasteiger partial charge in [0.15, 0.2) is 0 Å². The van der Waals surface area contributed by atoms with Crippen LogP contribution >= 0.6 is 0 Å². The lowest BCUT2D eigenvalue weighted by atomic mass is 9.87. The lowest BCUT2D eigenvalue weighted by Gasteiger charge is -2.27. The zero-order valence-electron chi connectivity index (χ0n) is 10.9. The Labute approximate surface area is 108 Å². The Balaban J connectivity index is 1.86. The fourth-order valence-electron chi connectivity index (χ4n) is 2.54. The summed E-state index contributed by atoms with van der Waals surface area (Å²) in [6, 6.07) is 7.76. The van der Waals surface area contributed by atoms with E-state index in [9.17, 15) is 4.79 Å². The Hall–Kier alpha value is -1.35. The smallest absolute Gasteiger partial charge is 0.335 e. The molecule has 3 nitrogen and oxygen atoms in total. The quantitative estimate of drug-likeness (QED) is 0.859. The summed E-state index contributed by atoms with van der Waals surface area (Å²) in [6.45, 7) is 3.08. The zero-order valence-corrected chi connectivity index (χ0v) is 10.9. The third kappa shape index (κ3) is 3.57. The highest BCUT2D eigenvalue weighted by atomic mass is 16.4. The number of carboxylic acid groups (broad SMARTS) is 1. The predicted octanol–water partition coefficient (Wildman–Crippen LogP) is 3.05.